The molecule has 3 amide bonds. The van der Waals surface area contributed by atoms with Crippen LogP contribution in [0.15, 0.2) is 0 Å². The van der Waals surface area contributed by atoms with E-state index in [9.17, 15) is 29.1 Å². The second-order valence-corrected chi connectivity index (χ2v) is 20.8. The number of Topliss-reactive ketones (excluding diaryl/α,β-unsaturated/α-hetero) is 1. The lowest BCUT2D eigenvalue weighted by Gasteiger charge is -2.73. The Morgan fingerprint density at radius 2 is 1.55 bits per heavy atom. The van der Waals surface area contributed by atoms with Gasteiger partial charge in [0.05, 0.1) is 17.4 Å². The first kappa shape index (κ1) is 40.0. The summed E-state index contributed by atoms with van der Waals surface area (Å²) in [5, 5.41) is 16.4. The minimum atomic E-state index is -1.17. The molecule has 53 heavy (non-hydrogen) atoms. The molecule has 0 aromatic carbocycles. The van der Waals surface area contributed by atoms with E-state index in [1.165, 1.54) is 0 Å². The Kier molecular flexibility index (Phi) is 10.2. The van der Waals surface area contributed by atoms with Crippen LogP contribution in [-0.4, -0.2) is 70.4 Å². The number of piperidine rings is 1. The van der Waals surface area contributed by atoms with Crippen LogP contribution in [0.1, 0.15) is 146 Å². The number of hydrogen-bond donors (Lipinski definition) is 3. The van der Waals surface area contributed by atoms with Crippen molar-refractivity contribution in [2.24, 2.45) is 62.6 Å². The summed E-state index contributed by atoms with van der Waals surface area (Å²) in [4.78, 5) is 66.4. The highest BCUT2D eigenvalue weighted by atomic mass is 16.5. The number of fused-ring (bicyclic) bond motifs is 7. The van der Waals surface area contributed by atoms with Crippen molar-refractivity contribution in [3.63, 3.8) is 0 Å². The van der Waals surface area contributed by atoms with Crippen molar-refractivity contribution in [2.75, 3.05) is 13.1 Å². The molecular formula is C43H69N3O7. The number of ether oxygens (including phenoxy) is 1. The molecule has 5 saturated carbocycles. The van der Waals surface area contributed by atoms with Crippen LogP contribution in [0.5, 0.6) is 0 Å². The second kappa shape index (κ2) is 13.5. The van der Waals surface area contributed by atoms with Gasteiger partial charge < -0.3 is 25.4 Å². The highest BCUT2D eigenvalue weighted by molar-refractivity contribution is 5.88. The molecule has 10 nitrogen and oxygen atoms in total. The lowest BCUT2D eigenvalue weighted by atomic mass is 9.32. The molecule has 0 radical (unpaired) electrons. The van der Waals surface area contributed by atoms with E-state index in [1.807, 2.05) is 4.90 Å². The summed E-state index contributed by atoms with van der Waals surface area (Å²) in [6.45, 7) is 22.5. The maximum absolute atomic E-state index is 14.1. The number of rotatable bonds is 7. The summed E-state index contributed by atoms with van der Waals surface area (Å²) in [6.07, 6.45) is 9.24. The largest absolute Gasteiger partial charge is 0.481 e. The molecule has 5 aliphatic carbocycles. The fourth-order valence-corrected chi connectivity index (χ4v) is 14.1. The summed E-state index contributed by atoms with van der Waals surface area (Å²) < 4.78 is 6.16. The van der Waals surface area contributed by atoms with Crippen LogP contribution < -0.4 is 10.6 Å². The summed E-state index contributed by atoms with van der Waals surface area (Å²) in [5.74, 6) is 0.309. The lowest BCUT2D eigenvalue weighted by Crippen LogP contribution is -2.69. The van der Waals surface area contributed by atoms with Crippen molar-refractivity contribution in [1.82, 2.24) is 15.5 Å². The molecule has 298 valence electrons. The van der Waals surface area contributed by atoms with Gasteiger partial charge in [0.15, 0.2) is 0 Å². The molecule has 6 aliphatic rings. The Bertz CT molecular complexity index is 1500. The molecule has 10 atom stereocenters. The number of aliphatic carboxylic acids is 1. The zero-order valence-corrected chi connectivity index (χ0v) is 34.4. The van der Waals surface area contributed by atoms with Gasteiger partial charge in [0.2, 0.25) is 5.91 Å². The Labute approximate surface area is 318 Å². The van der Waals surface area contributed by atoms with E-state index in [0.717, 1.165) is 64.2 Å². The first-order valence-electron chi connectivity index (χ1n) is 20.8. The van der Waals surface area contributed by atoms with Crippen LogP contribution in [0, 0.1) is 62.6 Å². The van der Waals surface area contributed by atoms with Crippen molar-refractivity contribution in [3.05, 3.63) is 0 Å². The van der Waals surface area contributed by atoms with Gasteiger partial charge in [-0.15, -0.1) is 0 Å². The number of esters is 1. The minimum absolute atomic E-state index is 0.00334. The van der Waals surface area contributed by atoms with Crippen LogP contribution in [-0.2, 0) is 23.9 Å². The number of amides is 3. The maximum atomic E-state index is 14.1. The molecule has 1 saturated heterocycles. The van der Waals surface area contributed by atoms with Crippen LogP contribution in [0.4, 0.5) is 4.79 Å². The van der Waals surface area contributed by atoms with Crippen LogP contribution in [0.25, 0.3) is 0 Å². The van der Waals surface area contributed by atoms with Gasteiger partial charge in [-0.05, 0) is 124 Å². The third kappa shape index (κ3) is 6.41. The van der Waals surface area contributed by atoms with Crippen molar-refractivity contribution in [2.45, 2.75) is 164 Å². The quantitative estimate of drug-likeness (QED) is 0.232. The number of hydrogen-bond acceptors (Lipinski definition) is 6. The average Bonchev–Trinajstić information content (AvgIpc) is 3.34. The fraction of sp³-hybridized carbons (Fsp3) is 0.884. The highest BCUT2D eigenvalue weighted by Crippen LogP contribution is 2.76. The molecule has 3 N–H and O–H groups in total. The van der Waals surface area contributed by atoms with Gasteiger partial charge in [0, 0.05) is 43.8 Å². The zero-order chi connectivity index (χ0) is 39.1. The minimum Gasteiger partial charge on any atom is -0.481 e. The monoisotopic (exact) mass is 740 g/mol. The molecule has 0 aromatic rings. The Balaban J connectivity index is 1.22. The summed E-state index contributed by atoms with van der Waals surface area (Å²) >= 11 is 0. The van der Waals surface area contributed by atoms with Crippen molar-refractivity contribution < 1.29 is 33.8 Å². The SMILES string of the molecule is CC(=O)N1CCC(NC(=O)N[C@@]23CC[C@]4(C)C(CCC5C6(C)CC[C@H](OC(=O)CC(C)(C)C(=O)O)C(C)(C)C6CC[C@]54C)C2C(C(C)C)C(=O)C3)CC1. The van der Waals surface area contributed by atoms with Gasteiger partial charge in [0.1, 0.15) is 11.9 Å². The molecular weight excluding hydrogens is 670 g/mol. The molecule has 0 aromatic heterocycles. The van der Waals surface area contributed by atoms with Gasteiger partial charge in [-0.25, -0.2) is 4.79 Å². The van der Waals surface area contributed by atoms with E-state index in [2.05, 4.69) is 59.1 Å². The highest BCUT2D eigenvalue weighted by Gasteiger charge is 2.72. The van der Waals surface area contributed by atoms with Gasteiger partial charge in [0.25, 0.3) is 0 Å². The van der Waals surface area contributed by atoms with Crippen molar-refractivity contribution in [3.8, 4) is 0 Å². The maximum Gasteiger partial charge on any atom is 0.315 e. The standard InChI is InChI=1S/C43H69N3O7/c1-25(2)34-29(48)23-43(45-37(52)44-27-15-21-46(22-16-27)26(3)47)20-19-41(9)28(35(34)43)11-12-31-40(8)17-14-32(53-33(49)24-38(4,5)36(50)51)39(6,7)30(40)13-18-42(31,41)10/h25,27-28,30-32,34-35H,11-24H2,1-10H3,(H,50,51)(H2,44,45,52)/t28?,30?,31?,32-,34?,35?,40?,41+,42+,43+/m0/s1. The molecule has 6 fully saturated rings. The smallest absolute Gasteiger partial charge is 0.315 e. The number of carboxylic acids is 1. The average molecular weight is 740 g/mol. The van der Waals surface area contributed by atoms with Gasteiger partial charge >= 0.3 is 18.0 Å². The summed E-state index contributed by atoms with van der Waals surface area (Å²) in [7, 11) is 0. The Hall–Kier alpha value is -2.65. The predicted molar refractivity (Wildman–Crippen MR) is 203 cm³/mol. The Morgan fingerprint density at radius 3 is 2.15 bits per heavy atom. The van der Waals surface area contributed by atoms with Crippen molar-refractivity contribution in [1.29, 1.82) is 0 Å². The van der Waals surface area contributed by atoms with Gasteiger partial charge in [-0.2, -0.15) is 0 Å². The number of likely N-dealkylation sites (tertiary alicyclic amines) is 1. The van der Waals surface area contributed by atoms with E-state index in [0.29, 0.717) is 43.0 Å². The zero-order valence-electron chi connectivity index (χ0n) is 34.4. The second-order valence-electron chi connectivity index (χ2n) is 20.8. The molecule has 1 heterocycles. The Morgan fingerprint density at radius 1 is 0.887 bits per heavy atom. The first-order chi connectivity index (χ1) is 24.5. The number of carbonyl (C=O) groups is 5. The van der Waals surface area contributed by atoms with Gasteiger partial charge in [-0.3, -0.25) is 19.2 Å². The third-order valence-electron chi connectivity index (χ3n) is 17.1. The van der Waals surface area contributed by atoms with E-state index in [1.54, 1.807) is 20.8 Å². The normalized spacial score (nSPS) is 41.0. The third-order valence-corrected chi connectivity index (χ3v) is 17.1. The molecule has 6 rings (SSSR count). The van der Waals surface area contributed by atoms with E-state index in [4.69, 9.17) is 4.74 Å². The van der Waals surface area contributed by atoms with E-state index >= 15 is 0 Å². The molecule has 10 heteroatoms. The molecule has 0 bridgehead atoms. The topological polar surface area (TPSA) is 142 Å². The van der Waals surface area contributed by atoms with E-state index < -0.39 is 22.9 Å². The molecule has 1 aliphatic heterocycles. The number of urea groups is 1. The number of carbonyl (C=O) groups excluding carboxylic acids is 4. The predicted octanol–water partition coefficient (Wildman–Crippen LogP) is 7.38. The summed E-state index contributed by atoms with van der Waals surface area (Å²) in [6, 6.07) is -0.159. The van der Waals surface area contributed by atoms with Crippen LogP contribution in [0.2, 0.25) is 0 Å². The van der Waals surface area contributed by atoms with Crippen LogP contribution >= 0.6 is 0 Å². The molecule has 0 spiro atoms. The fourth-order valence-electron chi connectivity index (χ4n) is 14.1. The first-order valence-corrected chi connectivity index (χ1v) is 20.8. The number of nitrogens with zero attached hydrogens (tertiary/aromatic N) is 1. The molecule has 6 unspecified atom stereocenters. The summed E-state index contributed by atoms with van der Waals surface area (Å²) in [5.41, 5.74) is -1.86. The van der Waals surface area contributed by atoms with Gasteiger partial charge in [-0.1, -0.05) is 48.5 Å². The van der Waals surface area contributed by atoms with E-state index in [-0.39, 0.29) is 69.9 Å². The van der Waals surface area contributed by atoms with Crippen molar-refractivity contribution >= 4 is 29.7 Å². The number of nitrogens with one attached hydrogen (secondary N) is 2. The lowest BCUT2D eigenvalue weighted by molar-refractivity contribution is -0.247. The number of carboxylic acid groups (broad SMARTS) is 1. The number of ketones is 1. The van der Waals surface area contributed by atoms with Crippen LogP contribution in [0.3, 0.4) is 0 Å².